The zero-order valence-electron chi connectivity index (χ0n) is 18.5. The smallest absolute Gasteiger partial charge is 0.251 e. The third-order valence-corrected chi connectivity index (χ3v) is 5.76. The van der Waals surface area contributed by atoms with Crippen LogP contribution in [-0.4, -0.2) is 35.4 Å². The number of hydrogen-bond acceptors (Lipinski definition) is 6. The van der Waals surface area contributed by atoms with Crippen LogP contribution >= 0.6 is 0 Å². The second-order valence-corrected chi connectivity index (χ2v) is 7.83. The molecule has 5 rings (SSSR count). The van der Waals surface area contributed by atoms with Gasteiger partial charge in [0.05, 0.1) is 25.3 Å². The Balaban J connectivity index is 1.36. The predicted octanol–water partition coefficient (Wildman–Crippen LogP) is 3.94. The molecule has 1 aliphatic heterocycles. The molecular formula is C25H24N6O3. The first-order valence-electron chi connectivity index (χ1n) is 10.9. The molecule has 4 N–H and O–H groups in total. The third-order valence-electron chi connectivity index (χ3n) is 5.76. The number of amidine groups is 1. The molecule has 9 nitrogen and oxygen atoms in total. The van der Waals surface area contributed by atoms with E-state index in [0.29, 0.717) is 35.8 Å². The van der Waals surface area contributed by atoms with Gasteiger partial charge in [-0.15, -0.1) is 0 Å². The van der Waals surface area contributed by atoms with Crippen LogP contribution in [0.4, 0.5) is 11.6 Å². The molecule has 34 heavy (non-hydrogen) atoms. The second kappa shape index (κ2) is 9.14. The minimum atomic E-state index is -0.392. The zero-order valence-corrected chi connectivity index (χ0v) is 18.5. The monoisotopic (exact) mass is 456 g/mol. The summed E-state index contributed by atoms with van der Waals surface area (Å²) in [6, 6.07) is 16.7. The minimum Gasteiger partial charge on any atom is -0.497 e. The summed E-state index contributed by atoms with van der Waals surface area (Å²) < 4.78 is 10.8. The minimum absolute atomic E-state index is 0.143. The number of carbonyl (C=O) groups is 1. The number of aromatic amines is 1. The molecule has 1 aliphatic rings. The van der Waals surface area contributed by atoms with Gasteiger partial charge in [-0.3, -0.25) is 10.2 Å². The topological polar surface area (TPSA) is 119 Å². The van der Waals surface area contributed by atoms with E-state index in [4.69, 9.17) is 14.6 Å². The van der Waals surface area contributed by atoms with E-state index >= 15 is 0 Å². The molecule has 172 valence electrons. The van der Waals surface area contributed by atoms with Crippen molar-refractivity contribution in [3.63, 3.8) is 0 Å². The van der Waals surface area contributed by atoms with Gasteiger partial charge in [0.15, 0.2) is 0 Å². The van der Waals surface area contributed by atoms with Gasteiger partial charge < -0.3 is 29.7 Å². The van der Waals surface area contributed by atoms with Crippen LogP contribution in [0.25, 0.3) is 0 Å². The second-order valence-electron chi connectivity index (χ2n) is 7.83. The van der Waals surface area contributed by atoms with Crippen LogP contribution in [0.1, 0.15) is 33.3 Å². The normalized spacial score (nSPS) is 14.9. The van der Waals surface area contributed by atoms with Crippen molar-refractivity contribution < 1.29 is 13.9 Å². The van der Waals surface area contributed by atoms with Crippen molar-refractivity contribution in [1.82, 2.24) is 15.3 Å². The van der Waals surface area contributed by atoms with Crippen LogP contribution in [0.15, 0.2) is 77.8 Å². The highest BCUT2D eigenvalue weighted by atomic mass is 16.5. The Morgan fingerprint density at radius 1 is 1.18 bits per heavy atom. The van der Waals surface area contributed by atoms with Crippen LogP contribution in [-0.2, 0) is 6.42 Å². The van der Waals surface area contributed by atoms with Crippen LogP contribution in [0.3, 0.4) is 0 Å². The number of anilines is 2. The molecule has 3 heterocycles. The molecular weight excluding hydrogens is 432 g/mol. The fourth-order valence-electron chi connectivity index (χ4n) is 3.96. The quantitative estimate of drug-likeness (QED) is 0.334. The maximum atomic E-state index is 12.6. The van der Waals surface area contributed by atoms with Crippen LogP contribution in [0, 0.1) is 5.41 Å². The first kappa shape index (κ1) is 21.3. The molecule has 0 fully saturated rings. The summed E-state index contributed by atoms with van der Waals surface area (Å²) in [5.74, 6) is 1.46. The fourth-order valence-corrected chi connectivity index (χ4v) is 3.96. The number of nitrogens with one attached hydrogen (secondary N) is 4. The van der Waals surface area contributed by atoms with Crippen molar-refractivity contribution in [3.8, 4) is 5.75 Å². The number of carbonyl (C=O) groups excluding carboxylic acids is 1. The number of rotatable bonds is 7. The van der Waals surface area contributed by atoms with Crippen molar-refractivity contribution in [2.24, 2.45) is 0 Å². The number of methoxy groups -OCH3 is 1. The predicted molar refractivity (Wildman–Crippen MR) is 128 cm³/mol. The molecule has 0 aliphatic carbocycles. The molecule has 0 radical (unpaired) electrons. The van der Waals surface area contributed by atoms with E-state index in [1.165, 1.54) is 0 Å². The number of H-pyrrole nitrogens is 1. The summed E-state index contributed by atoms with van der Waals surface area (Å²) in [4.78, 5) is 21.4. The van der Waals surface area contributed by atoms with Gasteiger partial charge in [-0.2, -0.15) is 0 Å². The number of fused-ring (bicyclic) bond motifs is 1. The van der Waals surface area contributed by atoms with Gasteiger partial charge in [0.25, 0.3) is 5.91 Å². The number of ether oxygens (including phenoxy) is 1. The fraction of sp³-hybridized carbons (Fsp3) is 0.160. The molecule has 0 saturated carbocycles. The van der Waals surface area contributed by atoms with Gasteiger partial charge in [-0.25, -0.2) is 4.98 Å². The number of aromatic nitrogens is 2. The highest BCUT2D eigenvalue weighted by molar-refractivity contribution is 6.13. The van der Waals surface area contributed by atoms with Gasteiger partial charge in [0.1, 0.15) is 17.8 Å². The standard InChI is InChI=1S/C25H24N6O3/c1-33-20-8-6-19(7-9-20)31-22(26)21-11-13-34-25(21)30-23(31)16-2-4-17(5-3-16)24(32)28-12-10-18-14-27-15-29-18/h2-9,11,13-15,23,26,30H,10,12H2,1H3,(H,27,29)(H,28,32). The molecule has 1 amide bonds. The highest BCUT2D eigenvalue weighted by Gasteiger charge is 2.33. The average molecular weight is 457 g/mol. The number of nitrogens with zero attached hydrogens (tertiary/aromatic N) is 2. The number of benzene rings is 2. The van der Waals surface area contributed by atoms with Gasteiger partial charge >= 0.3 is 0 Å². The Morgan fingerprint density at radius 2 is 1.97 bits per heavy atom. The lowest BCUT2D eigenvalue weighted by atomic mass is 10.0. The van der Waals surface area contributed by atoms with Crippen molar-refractivity contribution in [1.29, 1.82) is 5.41 Å². The number of amides is 1. The van der Waals surface area contributed by atoms with E-state index in [1.807, 2.05) is 41.3 Å². The number of furan rings is 1. The summed E-state index contributed by atoms with van der Waals surface area (Å²) in [6.07, 6.45) is 5.22. The Bertz CT molecular complexity index is 1280. The van der Waals surface area contributed by atoms with E-state index in [1.54, 1.807) is 44.1 Å². The summed E-state index contributed by atoms with van der Waals surface area (Å²) in [6.45, 7) is 0.511. The Kier molecular flexibility index (Phi) is 5.73. The molecule has 1 unspecified atom stereocenters. The van der Waals surface area contributed by atoms with Crippen molar-refractivity contribution in [2.75, 3.05) is 23.9 Å². The SMILES string of the molecule is COc1ccc(N2C(=N)c3ccoc3NC2c2ccc(C(=O)NCCc3cnc[nH]3)cc2)cc1. The van der Waals surface area contributed by atoms with Gasteiger partial charge in [-0.05, 0) is 48.0 Å². The van der Waals surface area contributed by atoms with Gasteiger partial charge in [-0.1, -0.05) is 12.1 Å². The van der Waals surface area contributed by atoms with E-state index in [9.17, 15) is 4.79 Å². The lowest BCUT2D eigenvalue weighted by Crippen LogP contribution is -2.42. The third kappa shape index (κ3) is 4.11. The molecule has 0 saturated heterocycles. The summed E-state index contributed by atoms with van der Waals surface area (Å²) >= 11 is 0. The lowest BCUT2D eigenvalue weighted by Gasteiger charge is -2.38. The zero-order chi connectivity index (χ0) is 23.5. The molecule has 9 heteroatoms. The summed E-state index contributed by atoms with van der Waals surface area (Å²) in [5, 5.41) is 15.1. The van der Waals surface area contributed by atoms with Crippen molar-refractivity contribution >= 4 is 23.3 Å². The summed E-state index contributed by atoms with van der Waals surface area (Å²) in [5.41, 5.74) is 3.93. The van der Waals surface area contributed by atoms with Crippen LogP contribution in [0.5, 0.6) is 5.75 Å². The van der Waals surface area contributed by atoms with Crippen molar-refractivity contribution in [3.05, 3.63) is 95.8 Å². The van der Waals surface area contributed by atoms with Crippen LogP contribution in [0.2, 0.25) is 0 Å². The van der Waals surface area contributed by atoms with E-state index in [-0.39, 0.29) is 5.91 Å². The average Bonchev–Trinajstić information content (AvgIpc) is 3.56. The largest absolute Gasteiger partial charge is 0.497 e. The van der Waals surface area contributed by atoms with E-state index in [0.717, 1.165) is 22.7 Å². The molecule has 1 atom stereocenters. The molecule has 4 aromatic rings. The summed E-state index contributed by atoms with van der Waals surface area (Å²) in [7, 11) is 1.62. The molecule has 2 aromatic heterocycles. The molecule has 0 bridgehead atoms. The van der Waals surface area contributed by atoms with Crippen LogP contribution < -0.4 is 20.3 Å². The van der Waals surface area contributed by atoms with Gasteiger partial charge in [0, 0.05) is 36.1 Å². The maximum Gasteiger partial charge on any atom is 0.251 e. The Morgan fingerprint density at radius 3 is 2.68 bits per heavy atom. The van der Waals surface area contributed by atoms with E-state index < -0.39 is 6.17 Å². The first-order valence-corrected chi connectivity index (χ1v) is 10.9. The maximum absolute atomic E-state index is 12.6. The highest BCUT2D eigenvalue weighted by Crippen LogP contribution is 2.37. The number of hydrogen-bond donors (Lipinski definition) is 4. The Hall–Kier alpha value is -4.53. The van der Waals surface area contributed by atoms with Gasteiger partial charge in [0.2, 0.25) is 5.88 Å². The van der Waals surface area contributed by atoms with E-state index in [2.05, 4.69) is 20.6 Å². The number of imidazole rings is 1. The lowest BCUT2D eigenvalue weighted by molar-refractivity contribution is 0.0954. The molecule has 0 spiro atoms. The first-order chi connectivity index (χ1) is 16.6. The molecule has 2 aromatic carbocycles. The Labute approximate surface area is 196 Å². The van der Waals surface area contributed by atoms with Crippen molar-refractivity contribution in [2.45, 2.75) is 12.6 Å².